The van der Waals surface area contributed by atoms with Crippen LogP contribution in [0.3, 0.4) is 0 Å². The fourth-order valence-corrected chi connectivity index (χ4v) is 1.67. The average molecular weight is 211 g/mol. The number of aromatic nitrogens is 3. The number of fused-ring (bicyclic) bond motifs is 2. The number of benzene rings is 1. The third kappa shape index (κ3) is 1.40. The van der Waals surface area contributed by atoms with Crippen LogP contribution in [-0.4, -0.2) is 20.1 Å². The second-order valence-corrected chi connectivity index (χ2v) is 3.53. The van der Waals surface area contributed by atoms with Crippen molar-refractivity contribution in [2.45, 2.75) is 6.61 Å². The number of hydrogen-bond acceptors (Lipinski definition) is 4. The fourth-order valence-electron chi connectivity index (χ4n) is 1.67. The molecule has 0 fully saturated rings. The van der Waals surface area contributed by atoms with Crippen molar-refractivity contribution in [3.63, 3.8) is 0 Å². The lowest BCUT2D eigenvalue weighted by Gasteiger charge is -1.87. The molecule has 4 heteroatoms. The molecule has 0 bridgehead atoms. The smallest absolute Gasteiger partial charge is 0.107 e. The number of aliphatic hydroxyl groups is 1. The summed E-state index contributed by atoms with van der Waals surface area (Å²) in [5.41, 5.74) is 3.76. The first-order valence-electron chi connectivity index (χ1n) is 4.99. The Bertz CT molecular complexity index is 624. The quantitative estimate of drug-likeness (QED) is 0.664. The van der Waals surface area contributed by atoms with Gasteiger partial charge in [-0.05, 0) is 18.2 Å². The Kier molecular flexibility index (Phi) is 2.01. The first kappa shape index (κ1) is 9.18. The topological polar surface area (TPSA) is 58.9 Å². The van der Waals surface area contributed by atoms with Crippen molar-refractivity contribution in [3.05, 3.63) is 42.2 Å². The number of hydrogen-bond donors (Lipinski definition) is 1. The Labute approximate surface area is 92.0 Å². The molecule has 2 aliphatic rings. The normalized spacial score (nSPS) is 11.1. The summed E-state index contributed by atoms with van der Waals surface area (Å²) < 4.78 is 0. The Morgan fingerprint density at radius 1 is 1.00 bits per heavy atom. The maximum Gasteiger partial charge on any atom is 0.107 e. The largest absolute Gasteiger partial charge is 0.390 e. The molecule has 2 aliphatic heterocycles. The highest BCUT2D eigenvalue weighted by Crippen LogP contribution is 2.20. The minimum absolute atomic E-state index is 0.0714. The first-order valence-corrected chi connectivity index (χ1v) is 4.99. The summed E-state index contributed by atoms with van der Waals surface area (Å²) in [6.07, 6.45) is 1.68. The van der Waals surface area contributed by atoms with Gasteiger partial charge in [0.25, 0.3) is 0 Å². The van der Waals surface area contributed by atoms with E-state index in [-0.39, 0.29) is 6.61 Å². The zero-order valence-electron chi connectivity index (χ0n) is 8.46. The Morgan fingerprint density at radius 3 is 2.62 bits per heavy atom. The molecule has 0 aliphatic carbocycles. The van der Waals surface area contributed by atoms with E-state index in [1.54, 1.807) is 12.3 Å². The lowest BCUT2D eigenvalue weighted by atomic mass is 10.3. The first-order chi connectivity index (χ1) is 7.86. The van der Waals surface area contributed by atoms with Crippen molar-refractivity contribution < 1.29 is 5.11 Å². The van der Waals surface area contributed by atoms with Crippen LogP contribution in [0.2, 0.25) is 0 Å². The minimum Gasteiger partial charge on any atom is -0.390 e. The van der Waals surface area contributed by atoms with Gasteiger partial charge in [0.2, 0.25) is 0 Å². The monoisotopic (exact) mass is 211 g/mol. The second kappa shape index (κ2) is 3.50. The lowest BCUT2D eigenvalue weighted by molar-refractivity contribution is 0.278. The molecule has 0 aromatic heterocycles. The molecule has 16 heavy (non-hydrogen) atoms. The van der Waals surface area contributed by atoms with Gasteiger partial charge in [0.15, 0.2) is 0 Å². The molecule has 0 saturated heterocycles. The van der Waals surface area contributed by atoms with Crippen LogP contribution in [0.15, 0.2) is 36.5 Å². The third-order valence-electron chi connectivity index (χ3n) is 2.44. The highest BCUT2D eigenvalue weighted by molar-refractivity contribution is 5.76. The minimum atomic E-state index is -0.0714. The van der Waals surface area contributed by atoms with Gasteiger partial charge in [0, 0.05) is 0 Å². The van der Waals surface area contributed by atoms with Crippen LogP contribution < -0.4 is 0 Å². The van der Waals surface area contributed by atoms with Crippen LogP contribution in [0.1, 0.15) is 5.69 Å². The predicted octanol–water partition coefficient (Wildman–Crippen LogP) is 1.62. The van der Waals surface area contributed by atoms with Gasteiger partial charge in [-0.3, -0.25) is 4.98 Å². The van der Waals surface area contributed by atoms with E-state index in [9.17, 15) is 0 Å². The third-order valence-corrected chi connectivity index (χ3v) is 2.44. The van der Waals surface area contributed by atoms with E-state index in [1.807, 2.05) is 24.3 Å². The summed E-state index contributed by atoms with van der Waals surface area (Å²) in [5, 5.41) is 9.00. The molecule has 0 radical (unpaired) electrons. The van der Waals surface area contributed by atoms with Gasteiger partial charge in [0.05, 0.1) is 35.2 Å². The van der Waals surface area contributed by atoms with Crippen LogP contribution in [0.25, 0.3) is 22.4 Å². The van der Waals surface area contributed by atoms with E-state index in [4.69, 9.17) is 5.11 Å². The van der Waals surface area contributed by atoms with Crippen LogP contribution in [0.4, 0.5) is 0 Å². The van der Waals surface area contributed by atoms with E-state index in [2.05, 4.69) is 15.0 Å². The van der Waals surface area contributed by atoms with Gasteiger partial charge >= 0.3 is 0 Å². The zero-order chi connectivity index (χ0) is 11.0. The van der Waals surface area contributed by atoms with Crippen molar-refractivity contribution in [3.8, 4) is 11.4 Å². The predicted molar refractivity (Wildman–Crippen MR) is 59.9 cm³/mol. The molecule has 0 amide bonds. The van der Waals surface area contributed by atoms with Gasteiger partial charge in [0.1, 0.15) is 5.69 Å². The van der Waals surface area contributed by atoms with Crippen LogP contribution in [0.5, 0.6) is 0 Å². The van der Waals surface area contributed by atoms with Gasteiger partial charge in [-0.15, -0.1) is 0 Å². The van der Waals surface area contributed by atoms with E-state index in [0.717, 1.165) is 16.7 Å². The molecular formula is C12H9N3O. The molecule has 4 nitrogen and oxygen atoms in total. The Morgan fingerprint density at radius 2 is 1.81 bits per heavy atom. The highest BCUT2D eigenvalue weighted by atomic mass is 16.3. The summed E-state index contributed by atoms with van der Waals surface area (Å²) in [4.78, 5) is 13.0. The molecule has 0 atom stereocenters. The van der Waals surface area contributed by atoms with Crippen molar-refractivity contribution in [1.82, 2.24) is 15.0 Å². The van der Waals surface area contributed by atoms with Gasteiger partial charge in [-0.25, -0.2) is 9.97 Å². The molecule has 0 saturated carbocycles. The summed E-state index contributed by atoms with van der Waals surface area (Å²) in [6.45, 7) is -0.0714. The van der Waals surface area contributed by atoms with Crippen molar-refractivity contribution in [2.24, 2.45) is 0 Å². The average Bonchev–Trinajstić information content (AvgIpc) is 2.63. The summed E-state index contributed by atoms with van der Waals surface area (Å²) >= 11 is 0. The van der Waals surface area contributed by atoms with Gasteiger partial charge < -0.3 is 5.11 Å². The van der Waals surface area contributed by atoms with Crippen LogP contribution in [-0.2, 0) is 6.61 Å². The Hall–Kier alpha value is -2.07. The summed E-state index contributed by atoms with van der Waals surface area (Å²) in [7, 11) is 0. The van der Waals surface area contributed by atoms with Gasteiger partial charge in [-0.1, -0.05) is 12.1 Å². The number of aliphatic hydroxyl groups excluding tert-OH is 1. The van der Waals surface area contributed by atoms with Crippen molar-refractivity contribution in [1.29, 1.82) is 0 Å². The molecule has 3 rings (SSSR count). The summed E-state index contributed by atoms with van der Waals surface area (Å²) in [5.74, 6) is 0. The Balaban J connectivity index is 2.35. The SMILES string of the molecule is OCc1cc2nc3ccccc3ncc-2n1. The maximum absolute atomic E-state index is 9.00. The molecule has 0 spiro atoms. The molecule has 2 heterocycles. The molecule has 1 aromatic rings. The van der Waals surface area contributed by atoms with Crippen molar-refractivity contribution >= 4 is 11.0 Å². The fraction of sp³-hybridized carbons (Fsp3) is 0.0833. The van der Waals surface area contributed by atoms with Crippen molar-refractivity contribution in [2.75, 3.05) is 0 Å². The van der Waals surface area contributed by atoms with E-state index < -0.39 is 0 Å². The number of rotatable bonds is 1. The standard InChI is InChI=1S/C12H9N3O/c16-7-8-5-11-12(14-8)6-13-9-3-1-2-4-10(9)15-11/h1-6,16H,7H2. The van der Waals surface area contributed by atoms with Crippen LogP contribution in [0, 0.1) is 0 Å². The number of para-hydroxylation sites is 2. The summed E-state index contributed by atoms with van der Waals surface area (Å²) in [6, 6.07) is 9.45. The van der Waals surface area contributed by atoms with E-state index >= 15 is 0 Å². The zero-order valence-corrected chi connectivity index (χ0v) is 8.46. The van der Waals surface area contributed by atoms with Crippen LogP contribution >= 0.6 is 0 Å². The number of nitrogens with zero attached hydrogens (tertiary/aromatic N) is 3. The molecule has 1 N–H and O–H groups in total. The lowest BCUT2D eigenvalue weighted by Crippen LogP contribution is -1.79. The molecule has 1 aromatic carbocycles. The van der Waals surface area contributed by atoms with E-state index in [0.29, 0.717) is 11.4 Å². The second-order valence-electron chi connectivity index (χ2n) is 3.53. The molecule has 0 unspecified atom stereocenters. The molecule has 78 valence electrons. The molecular weight excluding hydrogens is 202 g/mol. The highest BCUT2D eigenvalue weighted by Gasteiger charge is 2.09. The van der Waals surface area contributed by atoms with Gasteiger partial charge in [-0.2, -0.15) is 0 Å². The maximum atomic E-state index is 9.00. The van der Waals surface area contributed by atoms with E-state index in [1.165, 1.54) is 0 Å².